The molecule has 0 fully saturated rings. The summed E-state index contributed by atoms with van der Waals surface area (Å²) in [5.74, 6) is 1.93. The van der Waals surface area contributed by atoms with Gasteiger partial charge in [0.05, 0.1) is 12.2 Å². The third-order valence-electron chi connectivity index (χ3n) is 4.23. The number of halogens is 1. The SMILES string of the molecule is CN(C)Cc1nnc2n1-c1cc(Cl)ccc1SC(c1ccccc1)C2. The van der Waals surface area contributed by atoms with E-state index >= 15 is 0 Å². The van der Waals surface area contributed by atoms with Crippen molar-refractivity contribution in [1.82, 2.24) is 19.7 Å². The van der Waals surface area contributed by atoms with Crippen LogP contribution in [0.4, 0.5) is 0 Å². The average Bonchev–Trinajstić information content (AvgIpc) is 2.89. The molecule has 0 spiro atoms. The number of hydrogen-bond donors (Lipinski definition) is 0. The van der Waals surface area contributed by atoms with Gasteiger partial charge < -0.3 is 4.90 Å². The van der Waals surface area contributed by atoms with Crippen molar-refractivity contribution in [3.8, 4) is 5.69 Å². The van der Waals surface area contributed by atoms with Crippen molar-refractivity contribution in [2.75, 3.05) is 14.1 Å². The van der Waals surface area contributed by atoms with E-state index in [4.69, 9.17) is 11.6 Å². The summed E-state index contributed by atoms with van der Waals surface area (Å²) in [5.41, 5.74) is 2.38. The van der Waals surface area contributed by atoms with E-state index < -0.39 is 0 Å². The molecule has 128 valence electrons. The van der Waals surface area contributed by atoms with Crippen LogP contribution in [0.5, 0.6) is 0 Å². The van der Waals surface area contributed by atoms with Gasteiger partial charge in [0.1, 0.15) is 5.82 Å². The van der Waals surface area contributed by atoms with Crippen molar-refractivity contribution in [2.24, 2.45) is 0 Å². The highest BCUT2D eigenvalue weighted by Gasteiger charge is 2.27. The van der Waals surface area contributed by atoms with Crippen LogP contribution in [-0.2, 0) is 13.0 Å². The average molecular weight is 371 g/mol. The smallest absolute Gasteiger partial charge is 0.151 e. The first-order valence-electron chi connectivity index (χ1n) is 8.21. The lowest BCUT2D eigenvalue weighted by Gasteiger charge is -2.15. The summed E-state index contributed by atoms with van der Waals surface area (Å²) in [7, 11) is 4.08. The second-order valence-corrected chi connectivity index (χ2v) is 8.12. The summed E-state index contributed by atoms with van der Waals surface area (Å²) < 4.78 is 2.18. The van der Waals surface area contributed by atoms with E-state index in [0.717, 1.165) is 35.3 Å². The fraction of sp³-hybridized carbons (Fsp3) is 0.263. The largest absolute Gasteiger partial charge is 0.302 e. The van der Waals surface area contributed by atoms with Crippen LogP contribution in [0.3, 0.4) is 0 Å². The summed E-state index contributed by atoms with van der Waals surface area (Å²) in [6.45, 7) is 0.736. The maximum Gasteiger partial charge on any atom is 0.151 e. The lowest BCUT2D eigenvalue weighted by atomic mass is 10.1. The zero-order valence-corrected chi connectivity index (χ0v) is 15.8. The van der Waals surface area contributed by atoms with Gasteiger partial charge in [-0.25, -0.2) is 0 Å². The number of aromatic nitrogens is 3. The first-order valence-corrected chi connectivity index (χ1v) is 9.47. The molecule has 0 bridgehead atoms. The summed E-state index contributed by atoms with van der Waals surface area (Å²) in [4.78, 5) is 3.31. The quantitative estimate of drug-likeness (QED) is 0.685. The van der Waals surface area contributed by atoms with E-state index in [0.29, 0.717) is 5.25 Å². The molecule has 0 amide bonds. The molecule has 1 aromatic heterocycles. The number of hydrogen-bond acceptors (Lipinski definition) is 4. The molecule has 6 heteroatoms. The number of benzene rings is 2. The molecule has 0 aliphatic carbocycles. The van der Waals surface area contributed by atoms with E-state index in [9.17, 15) is 0 Å². The monoisotopic (exact) mass is 370 g/mol. The third kappa shape index (κ3) is 3.32. The van der Waals surface area contributed by atoms with Gasteiger partial charge >= 0.3 is 0 Å². The molecule has 25 heavy (non-hydrogen) atoms. The molecule has 3 aromatic rings. The van der Waals surface area contributed by atoms with Crippen LogP contribution in [-0.4, -0.2) is 33.8 Å². The van der Waals surface area contributed by atoms with Gasteiger partial charge in [-0.05, 0) is 37.9 Å². The topological polar surface area (TPSA) is 34.0 Å². The summed E-state index contributed by atoms with van der Waals surface area (Å²) >= 11 is 8.17. The van der Waals surface area contributed by atoms with Gasteiger partial charge in [0.2, 0.25) is 0 Å². The van der Waals surface area contributed by atoms with Crippen LogP contribution in [0.15, 0.2) is 53.4 Å². The van der Waals surface area contributed by atoms with Gasteiger partial charge in [-0.15, -0.1) is 22.0 Å². The van der Waals surface area contributed by atoms with E-state index in [1.54, 1.807) is 0 Å². The third-order valence-corrected chi connectivity index (χ3v) is 5.78. The Morgan fingerprint density at radius 2 is 1.96 bits per heavy atom. The van der Waals surface area contributed by atoms with Gasteiger partial charge in [-0.3, -0.25) is 4.57 Å². The first kappa shape index (κ1) is 16.6. The molecule has 2 aromatic carbocycles. The van der Waals surface area contributed by atoms with Crippen molar-refractivity contribution in [3.63, 3.8) is 0 Å². The van der Waals surface area contributed by atoms with E-state index in [1.807, 2.05) is 38.0 Å². The number of nitrogens with zero attached hydrogens (tertiary/aromatic N) is 4. The molecule has 0 saturated heterocycles. The second-order valence-electron chi connectivity index (χ2n) is 6.44. The second kappa shape index (κ2) is 6.83. The highest BCUT2D eigenvalue weighted by atomic mass is 35.5. The Morgan fingerprint density at radius 3 is 2.72 bits per heavy atom. The molecule has 1 aliphatic heterocycles. The Bertz CT molecular complexity index is 892. The Hall–Kier alpha value is -1.82. The fourth-order valence-corrected chi connectivity index (χ4v) is 4.54. The Labute approximate surface area is 156 Å². The normalized spacial score (nSPS) is 16.4. The molecule has 0 N–H and O–H groups in total. The van der Waals surface area contributed by atoms with Crippen LogP contribution in [0.1, 0.15) is 22.5 Å². The predicted octanol–water partition coefficient (Wildman–Crippen LogP) is 4.37. The highest BCUT2D eigenvalue weighted by Crippen LogP contribution is 2.44. The zero-order valence-electron chi connectivity index (χ0n) is 14.2. The molecule has 1 unspecified atom stereocenters. The lowest BCUT2D eigenvalue weighted by Crippen LogP contribution is -2.16. The van der Waals surface area contributed by atoms with E-state index in [2.05, 4.69) is 56.1 Å². The Morgan fingerprint density at radius 1 is 1.16 bits per heavy atom. The summed E-state index contributed by atoms with van der Waals surface area (Å²) in [5, 5.41) is 9.99. The minimum Gasteiger partial charge on any atom is -0.302 e. The molecule has 2 heterocycles. The molecule has 1 aliphatic rings. The highest BCUT2D eigenvalue weighted by molar-refractivity contribution is 7.99. The molecule has 0 saturated carbocycles. The first-order chi connectivity index (χ1) is 12.1. The van der Waals surface area contributed by atoms with Crippen molar-refractivity contribution in [3.05, 3.63) is 70.8 Å². The fourth-order valence-electron chi connectivity index (χ4n) is 3.13. The van der Waals surface area contributed by atoms with E-state index in [-0.39, 0.29) is 0 Å². The molecule has 4 nitrogen and oxygen atoms in total. The van der Waals surface area contributed by atoms with Crippen LogP contribution in [0.25, 0.3) is 5.69 Å². The zero-order chi connectivity index (χ0) is 17.4. The number of thioether (sulfide) groups is 1. The maximum atomic E-state index is 6.30. The van der Waals surface area contributed by atoms with Gasteiger partial charge in [0.25, 0.3) is 0 Å². The summed E-state index contributed by atoms with van der Waals surface area (Å²) in [6.07, 6.45) is 0.835. The Balaban J connectivity index is 1.86. The van der Waals surface area contributed by atoms with Crippen molar-refractivity contribution in [1.29, 1.82) is 0 Å². The molecular weight excluding hydrogens is 352 g/mol. The predicted molar refractivity (Wildman–Crippen MR) is 103 cm³/mol. The van der Waals surface area contributed by atoms with Crippen molar-refractivity contribution >= 4 is 23.4 Å². The molecular formula is C19H19ClN4S. The van der Waals surface area contributed by atoms with Gasteiger partial charge in [0.15, 0.2) is 5.82 Å². The van der Waals surface area contributed by atoms with Crippen molar-refractivity contribution in [2.45, 2.75) is 23.1 Å². The van der Waals surface area contributed by atoms with Crippen LogP contribution < -0.4 is 0 Å². The van der Waals surface area contributed by atoms with Crippen molar-refractivity contribution < 1.29 is 0 Å². The summed E-state index contributed by atoms with van der Waals surface area (Å²) in [6, 6.07) is 16.7. The standard InChI is InChI=1S/C19H19ClN4S/c1-23(2)12-19-22-21-18-11-17(13-6-4-3-5-7-13)25-16-9-8-14(20)10-15(16)24(18)19/h3-10,17H,11-12H2,1-2H3. The van der Waals surface area contributed by atoms with E-state index in [1.165, 1.54) is 10.5 Å². The Kier molecular flexibility index (Phi) is 4.54. The minimum absolute atomic E-state index is 0.304. The molecule has 1 atom stereocenters. The van der Waals surface area contributed by atoms with Gasteiger partial charge in [-0.2, -0.15) is 0 Å². The van der Waals surface area contributed by atoms with Crippen LogP contribution in [0.2, 0.25) is 5.02 Å². The maximum absolute atomic E-state index is 6.30. The number of fused-ring (bicyclic) bond motifs is 3. The van der Waals surface area contributed by atoms with Crippen LogP contribution in [0, 0.1) is 0 Å². The lowest BCUT2D eigenvalue weighted by molar-refractivity contribution is 0.386. The minimum atomic E-state index is 0.304. The van der Waals surface area contributed by atoms with Gasteiger partial charge in [-0.1, -0.05) is 41.9 Å². The molecule has 0 radical (unpaired) electrons. The van der Waals surface area contributed by atoms with Gasteiger partial charge in [0, 0.05) is 21.6 Å². The molecule has 4 rings (SSSR count). The van der Waals surface area contributed by atoms with Crippen LogP contribution >= 0.6 is 23.4 Å². The number of rotatable bonds is 3.